The normalized spacial score (nSPS) is 10.9. The molecule has 0 atom stereocenters. The van der Waals surface area contributed by atoms with Crippen LogP contribution >= 0.6 is 0 Å². The van der Waals surface area contributed by atoms with E-state index in [1.807, 2.05) is 24.3 Å². The van der Waals surface area contributed by atoms with E-state index in [0.29, 0.717) is 18.2 Å². The van der Waals surface area contributed by atoms with Gasteiger partial charge in [0.2, 0.25) is 0 Å². The van der Waals surface area contributed by atoms with E-state index < -0.39 is 0 Å². The Balaban J connectivity index is 2.59. The number of hydrogen-bond acceptors (Lipinski definition) is 3. The predicted octanol–water partition coefficient (Wildman–Crippen LogP) is 2.84. The van der Waals surface area contributed by atoms with Crippen molar-refractivity contribution in [3.8, 4) is 5.75 Å². The molecule has 0 bridgehead atoms. The van der Waals surface area contributed by atoms with Crippen molar-refractivity contribution in [1.29, 1.82) is 0 Å². The Morgan fingerprint density at radius 1 is 1.29 bits per heavy atom. The smallest absolute Gasteiger partial charge is 0.310 e. The van der Waals surface area contributed by atoms with E-state index >= 15 is 0 Å². The van der Waals surface area contributed by atoms with Crippen molar-refractivity contribution in [2.75, 3.05) is 7.05 Å². The third kappa shape index (κ3) is 4.57. The van der Waals surface area contributed by atoms with Gasteiger partial charge >= 0.3 is 5.97 Å². The van der Waals surface area contributed by atoms with Crippen LogP contribution in [-0.4, -0.2) is 24.0 Å². The molecule has 0 saturated carbocycles. The summed E-state index contributed by atoms with van der Waals surface area (Å²) in [6.07, 6.45) is 0.401. The summed E-state index contributed by atoms with van der Waals surface area (Å²) in [4.78, 5) is 13.4. The molecule has 0 N–H and O–H groups in total. The molecule has 0 unspecified atom stereocenters. The second-order valence-electron chi connectivity index (χ2n) is 4.48. The van der Waals surface area contributed by atoms with Gasteiger partial charge in [0.05, 0.1) is 0 Å². The molecule has 0 heterocycles. The van der Waals surface area contributed by atoms with Crippen LogP contribution in [0, 0.1) is 0 Å². The minimum absolute atomic E-state index is 0.197. The Bertz CT molecular complexity index is 357. The van der Waals surface area contributed by atoms with Crippen LogP contribution in [0.25, 0.3) is 0 Å². The highest BCUT2D eigenvalue weighted by molar-refractivity contribution is 5.71. The second-order valence-corrected chi connectivity index (χ2v) is 4.48. The molecule has 0 aromatic heterocycles. The maximum atomic E-state index is 11.1. The fourth-order valence-electron chi connectivity index (χ4n) is 1.34. The molecular weight excluding hydrogens is 214 g/mol. The number of carbonyl (C=O) groups is 1. The van der Waals surface area contributed by atoms with Crippen LogP contribution in [0.2, 0.25) is 0 Å². The van der Waals surface area contributed by atoms with E-state index in [-0.39, 0.29) is 5.97 Å². The molecule has 3 nitrogen and oxygen atoms in total. The molecule has 1 rings (SSSR count). The molecule has 0 saturated heterocycles. The lowest BCUT2D eigenvalue weighted by molar-refractivity contribution is -0.134. The Labute approximate surface area is 103 Å². The molecule has 0 aliphatic rings. The first-order chi connectivity index (χ1) is 8.02. The molecule has 0 spiro atoms. The molecule has 1 aromatic carbocycles. The zero-order chi connectivity index (χ0) is 12.8. The molecule has 1 aromatic rings. The summed E-state index contributed by atoms with van der Waals surface area (Å²) < 4.78 is 5.12. The summed E-state index contributed by atoms with van der Waals surface area (Å²) in [6.45, 7) is 7.02. The molecule has 3 heteroatoms. The molecule has 0 aliphatic carbocycles. The van der Waals surface area contributed by atoms with E-state index in [2.05, 4.69) is 25.8 Å². The van der Waals surface area contributed by atoms with Crippen LogP contribution in [0.5, 0.6) is 5.75 Å². The lowest BCUT2D eigenvalue weighted by Crippen LogP contribution is -2.25. The van der Waals surface area contributed by atoms with Gasteiger partial charge in [0.25, 0.3) is 0 Å². The Kier molecular flexibility index (Phi) is 5.16. The van der Waals surface area contributed by atoms with Gasteiger partial charge in [-0.2, -0.15) is 0 Å². The minimum Gasteiger partial charge on any atom is -0.427 e. The largest absolute Gasteiger partial charge is 0.427 e. The number of carbonyl (C=O) groups excluding carboxylic acids is 1. The van der Waals surface area contributed by atoms with Crippen LogP contribution in [0.3, 0.4) is 0 Å². The van der Waals surface area contributed by atoms with Gasteiger partial charge in [0, 0.05) is 19.0 Å². The predicted molar refractivity (Wildman–Crippen MR) is 69.0 cm³/mol. The van der Waals surface area contributed by atoms with Gasteiger partial charge in [-0.15, -0.1) is 0 Å². The number of esters is 1. The number of rotatable bonds is 5. The van der Waals surface area contributed by atoms with Crippen LogP contribution in [-0.2, 0) is 11.3 Å². The first kappa shape index (κ1) is 13.7. The van der Waals surface area contributed by atoms with E-state index in [0.717, 1.165) is 6.54 Å². The summed E-state index contributed by atoms with van der Waals surface area (Å²) >= 11 is 0. The van der Waals surface area contributed by atoms with Crippen molar-refractivity contribution in [3.63, 3.8) is 0 Å². The first-order valence-electron chi connectivity index (χ1n) is 6.02. The van der Waals surface area contributed by atoms with Crippen LogP contribution in [0.15, 0.2) is 24.3 Å². The molecule has 0 radical (unpaired) electrons. The van der Waals surface area contributed by atoms with Gasteiger partial charge in [0.1, 0.15) is 5.75 Å². The molecular formula is C14H21NO2. The summed E-state index contributed by atoms with van der Waals surface area (Å²) in [6, 6.07) is 8.20. The van der Waals surface area contributed by atoms with Crippen molar-refractivity contribution in [2.24, 2.45) is 0 Å². The Hall–Kier alpha value is -1.35. The van der Waals surface area contributed by atoms with Gasteiger partial charge < -0.3 is 4.74 Å². The zero-order valence-electron chi connectivity index (χ0n) is 11.1. The Morgan fingerprint density at radius 2 is 1.88 bits per heavy atom. The zero-order valence-corrected chi connectivity index (χ0v) is 11.1. The van der Waals surface area contributed by atoms with Gasteiger partial charge in [-0.3, -0.25) is 9.69 Å². The number of hydrogen-bond donors (Lipinski definition) is 0. The standard InChI is InChI=1S/C14H21NO2/c1-5-14(16)17-13-8-6-12(7-9-13)10-15(4)11(2)3/h6-9,11H,5,10H2,1-4H3. The topological polar surface area (TPSA) is 29.5 Å². The van der Waals surface area contributed by atoms with Crippen LogP contribution in [0.4, 0.5) is 0 Å². The Morgan fingerprint density at radius 3 is 2.35 bits per heavy atom. The minimum atomic E-state index is -0.197. The van der Waals surface area contributed by atoms with E-state index in [1.54, 1.807) is 6.92 Å². The van der Waals surface area contributed by atoms with Crippen molar-refractivity contribution in [3.05, 3.63) is 29.8 Å². The monoisotopic (exact) mass is 235 g/mol. The first-order valence-corrected chi connectivity index (χ1v) is 6.02. The lowest BCUT2D eigenvalue weighted by atomic mass is 10.2. The molecule has 0 aliphatic heterocycles. The van der Waals surface area contributed by atoms with Gasteiger partial charge in [-0.1, -0.05) is 19.1 Å². The maximum absolute atomic E-state index is 11.1. The highest BCUT2D eigenvalue weighted by Crippen LogP contribution is 2.14. The second kappa shape index (κ2) is 6.40. The van der Waals surface area contributed by atoms with Crippen LogP contribution < -0.4 is 4.74 Å². The van der Waals surface area contributed by atoms with Crippen LogP contribution in [0.1, 0.15) is 32.8 Å². The van der Waals surface area contributed by atoms with Crippen molar-refractivity contribution in [1.82, 2.24) is 4.90 Å². The summed E-state index contributed by atoms with van der Waals surface area (Å²) in [5, 5.41) is 0. The number of benzene rings is 1. The maximum Gasteiger partial charge on any atom is 0.310 e. The van der Waals surface area contributed by atoms with Crippen molar-refractivity contribution in [2.45, 2.75) is 39.8 Å². The van der Waals surface area contributed by atoms with Gasteiger partial charge in [-0.25, -0.2) is 0 Å². The highest BCUT2D eigenvalue weighted by Gasteiger charge is 2.05. The summed E-state index contributed by atoms with van der Waals surface area (Å²) in [7, 11) is 2.09. The summed E-state index contributed by atoms with van der Waals surface area (Å²) in [5.41, 5.74) is 1.22. The molecule has 0 fully saturated rings. The van der Waals surface area contributed by atoms with Crippen molar-refractivity contribution < 1.29 is 9.53 Å². The molecule has 0 amide bonds. The summed E-state index contributed by atoms with van der Waals surface area (Å²) in [5.74, 6) is 0.421. The average Bonchev–Trinajstić information content (AvgIpc) is 2.31. The fourth-order valence-corrected chi connectivity index (χ4v) is 1.34. The fraction of sp³-hybridized carbons (Fsp3) is 0.500. The third-order valence-corrected chi connectivity index (χ3v) is 2.76. The third-order valence-electron chi connectivity index (χ3n) is 2.76. The van der Waals surface area contributed by atoms with Gasteiger partial charge in [-0.05, 0) is 38.6 Å². The van der Waals surface area contributed by atoms with Crippen molar-refractivity contribution >= 4 is 5.97 Å². The van der Waals surface area contributed by atoms with E-state index in [1.165, 1.54) is 5.56 Å². The quantitative estimate of drug-likeness (QED) is 0.580. The number of nitrogens with zero attached hydrogens (tertiary/aromatic N) is 1. The lowest BCUT2D eigenvalue weighted by Gasteiger charge is -2.20. The van der Waals surface area contributed by atoms with E-state index in [4.69, 9.17) is 4.74 Å². The average molecular weight is 235 g/mol. The van der Waals surface area contributed by atoms with Gasteiger partial charge in [0.15, 0.2) is 0 Å². The molecule has 94 valence electrons. The molecule has 17 heavy (non-hydrogen) atoms. The highest BCUT2D eigenvalue weighted by atomic mass is 16.5. The van der Waals surface area contributed by atoms with E-state index in [9.17, 15) is 4.79 Å². The SMILES string of the molecule is CCC(=O)Oc1ccc(CN(C)C(C)C)cc1. The number of ether oxygens (including phenoxy) is 1.